The fourth-order valence-electron chi connectivity index (χ4n) is 2.30. The summed E-state index contributed by atoms with van der Waals surface area (Å²) in [7, 11) is 1.32. The van der Waals surface area contributed by atoms with E-state index in [9.17, 15) is 9.59 Å². The van der Waals surface area contributed by atoms with E-state index in [0.717, 1.165) is 5.56 Å². The van der Waals surface area contributed by atoms with Crippen LogP contribution >= 0.6 is 0 Å². The first kappa shape index (κ1) is 14.2. The zero-order chi connectivity index (χ0) is 15.5. The van der Waals surface area contributed by atoms with Crippen LogP contribution in [0.4, 0.5) is 4.79 Å². The molecule has 1 saturated heterocycles. The molecule has 114 valence electrons. The highest BCUT2D eigenvalue weighted by molar-refractivity contribution is 5.81. The lowest BCUT2D eigenvalue weighted by Crippen LogP contribution is -2.23. The minimum Gasteiger partial charge on any atom is -0.466 e. The molecule has 6 heteroatoms. The van der Waals surface area contributed by atoms with E-state index in [1.165, 1.54) is 18.1 Å². The Morgan fingerprint density at radius 1 is 1.41 bits per heavy atom. The summed E-state index contributed by atoms with van der Waals surface area (Å²) in [4.78, 5) is 24.4. The lowest BCUT2D eigenvalue weighted by atomic mass is 10.1. The van der Waals surface area contributed by atoms with Gasteiger partial charge in [0.05, 0.1) is 7.11 Å². The summed E-state index contributed by atoms with van der Waals surface area (Å²) >= 11 is 0. The van der Waals surface area contributed by atoms with E-state index in [1.54, 1.807) is 6.08 Å². The average molecular weight is 301 g/mol. The maximum Gasteiger partial charge on any atom is 0.417 e. The van der Waals surface area contributed by atoms with Crippen molar-refractivity contribution in [3.8, 4) is 0 Å². The standard InChI is InChI=1S/C16H15NO5/c1-20-14(18)9-5-8-13-15(22-13)17-12(10-21-16(17)19)11-6-3-2-4-7-11/h2-7,9,12H,8,10H2,1H3/b9-5+/t12-/m0/s1. The third-order valence-corrected chi connectivity index (χ3v) is 3.45. The summed E-state index contributed by atoms with van der Waals surface area (Å²) < 4.78 is 15.0. The number of amides is 1. The van der Waals surface area contributed by atoms with E-state index in [-0.39, 0.29) is 6.04 Å². The summed E-state index contributed by atoms with van der Waals surface area (Å²) in [5.41, 5.74) is 0.987. The van der Waals surface area contributed by atoms with E-state index >= 15 is 0 Å². The van der Waals surface area contributed by atoms with Gasteiger partial charge in [-0.2, -0.15) is 0 Å². The first-order valence-corrected chi connectivity index (χ1v) is 6.87. The van der Waals surface area contributed by atoms with Gasteiger partial charge in [0, 0.05) is 12.5 Å². The molecule has 2 aliphatic heterocycles. The number of carbonyl (C=O) groups excluding carboxylic acids is 2. The molecule has 6 nitrogen and oxygen atoms in total. The van der Waals surface area contributed by atoms with Crippen LogP contribution in [0.5, 0.6) is 0 Å². The Bertz CT molecular complexity index is 650. The van der Waals surface area contributed by atoms with Gasteiger partial charge in [-0.05, 0) is 5.56 Å². The molecule has 0 aromatic heterocycles. The molecule has 1 amide bonds. The number of nitrogens with zero attached hydrogens (tertiary/aromatic N) is 1. The van der Waals surface area contributed by atoms with Crippen molar-refractivity contribution < 1.29 is 23.8 Å². The quantitative estimate of drug-likeness (QED) is 0.617. The first-order valence-electron chi connectivity index (χ1n) is 6.87. The molecule has 3 rings (SSSR count). The lowest BCUT2D eigenvalue weighted by molar-refractivity contribution is -0.134. The third-order valence-electron chi connectivity index (χ3n) is 3.45. The lowest BCUT2D eigenvalue weighted by Gasteiger charge is -2.16. The molecule has 2 aliphatic rings. The van der Waals surface area contributed by atoms with E-state index in [4.69, 9.17) is 9.47 Å². The molecular weight excluding hydrogens is 286 g/mol. The second-order valence-corrected chi connectivity index (χ2v) is 4.83. The zero-order valence-electron chi connectivity index (χ0n) is 12.0. The molecule has 0 spiro atoms. The monoisotopic (exact) mass is 301 g/mol. The van der Waals surface area contributed by atoms with Gasteiger partial charge in [-0.25, -0.2) is 14.5 Å². The van der Waals surface area contributed by atoms with Crippen molar-refractivity contribution in [1.82, 2.24) is 4.90 Å². The fraction of sp³-hybridized carbons (Fsp3) is 0.250. The first-order chi connectivity index (χ1) is 10.7. The Labute approximate surface area is 127 Å². The van der Waals surface area contributed by atoms with E-state index in [0.29, 0.717) is 24.7 Å². The van der Waals surface area contributed by atoms with Gasteiger partial charge in [-0.15, -0.1) is 0 Å². The van der Waals surface area contributed by atoms with E-state index in [1.807, 2.05) is 30.3 Å². The maximum atomic E-state index is 11.9. The molecule has 1 aromatic carbocycles. The van der Waals surface area contributed by atoms with Crippen molar-refractivity contribution in [2.24, 2.45) is 0 Å². The van der Waals surface area contributed by atoms with Crippen LogP contribution in [0.25, 0.3) is 0 Å². The van der Waals surface area contributed by atoms with Crippen molar-refractivity contribution >= 4 is 12.1 Å². The third kappa shape index (κ3) is 2.81. The minimum atomic E-state index is -0.425. The normalized spacial score (nSPS) is 20.1. The number of allylic oxidation sites excluding steroid dienone is 1. The van der Waals surface area contributed by atoms with Crippen LogP contribution in [0, 0.1) is 0 Å². The molecule has 0 N–H and O–H groups in total. The molecule has 0 saturated carbocycles. The Kier molecular flexibility index (Phi) is 3.82. The second kappa shape index (κ2) is 5.93. The smallest absolute Gasteiger partial charge is 0.417 e. The molecule has 0 unspecified atom stereocenters. The van der Waals surface area contributed by atoms with Crippen molar-refractivity contribution in [2.45, 2.75) is 12.5 Å². The molecular formula is C16H15NO5. The number of carbonyl (C=O) groups is 2. The maximum absolute atomic E-state index is 11.9. The molecule has 0 bridgehead atoms. The van der Waals surface area contributed by atoms with Gasteiger partial charge in [0.1, 0.15) is 12.6 Å². The molecule has 1 atom stereocenters. The summed E-state index contributed by atoms with van der Waals surface area (Å²) in [6, 6.07) is 9.45. The number of esters is 1. The molecule has 0 radical (unpaired) electrons. The molecule has 1 aromatic rings. The highest BCUT2D eigenvalue weighted by atomic mass is 16.6. The largest absolute Gasteiger partial charge is 0.466 e. The number of hydrogen-bond donors (Lipinski definition) is 0. The highest BCUT2D eigenvalue weighted by Crippen LogP contribution is 2.41. The summed E-state index contributed by atoms with van der Waals surface area (Å²) in [6.45, 7) is 0.293. The number of ether oxygens (including phenoxy) is 3. The van der Waals surface area contributed by atoms with E-state index in [2.05, 4.69) is 4.74 Å². The SMILES string of the molecule is COC(=O)/C=C/CC1=C(N2C(=O)OC[C@H]2c2ccccc2)O1. The van der Waals surface area contributed by atoms with Crippen LogP contribution in [0.2, 0.25) is 0 Å². The minimum absolute atomic E-state index is 0.189. The predicted octanol–water partition coefficient (Wildman–Crippen LogP) is 2.50. The summed E-state index contributed by atoms with van der Waals surface area (Å²) in [6.07, 6.45) is 2.96. The molecule has 1 fully saturated rings. The van der Waals surface area contributed by atoms with Gasteiger partial charge in [0.15, 0.2) is 5.76 Å². The van der Waals surface area contributed by atoms with Crippen molar-refractivity contribution in [3.05, 3.63) is 59.7 Å². The number of benzene rings is 1. The summed E-state index contributed by atoms with van der Waals surface area (Å²) in [5.74, 6) is 0.733. The van der Waals surface area contributed by atoms with Gasteiger partial charge in [0.25, 0.3) is 0 Å². The van der Waals surface area contributed by atoms with Gasteiger partial charge >= 0.3 is 12.1 Å². The topological polar surface area (TPSA) is 68.4 Å². The number of hydrogen-bond acceptors (Lipinski definition) is 5. The van der Waals surface area contributed by atoms with E-state index < -0.39 is 12.1 Å². The molecule has 22 heavy (non-hydrogen) atoms. The zero-order valence-corrected chi connectivity index (χ0v) is 12.0. The Hall–Kier alpha value is -2.76. The highest BCUT2D eigenvalue weighted by Gasteiger charge is 2.44. The van der Waals surface area contributed by atoms with Gasteiger partial charge < -0.3 is 14.2 Å². The number of rotatable bonds is 5. The van der Waals surface area contributed by atoms with Crippen LogP contribution in [0.15, 0.2) is 54.1 Å². The Balaban J connectivity index is 1.72. The Morgan fingerprint density at radius 2 is 2.18 bits per heavy atom. The van der Waals surface area contributed by atoms with Gasteiger partial charge in [0.2, 0.25) is 5.88 Å². The van der Waals surface area contributed by atoms with Crippen molar-refractivity contribution in [3.63, 3.8) is 0 Å². The molecule has 0 aliphatic carbocycles. The van der Waals surface area contributed by atoms with Crippen molar-refractivity contribution in [2.75, 3.05) is 13.7 Å². The predicted molar refractivity (Wildman–Crippen MR) is 76.3 cm³/mol. The average Bonchev–Trinajstić information content (AvgIpc) is 3.20. The fourth-order valence-corrected chi connectivity index (χ4v) is 2.30. The van der Waals surface area contributed by atoms with Crippen LogP contribution in [-0.2, 0) is 19.0 Å². The number of cyclic esters (lactones) is 1. The molecule has 2 heterocycles. The van der Waals surface area contributed by atoms with Crippen LogP contribution in [0.3, 0.4) is 0 Å². The summed E-state index contributed by atoms with van der Waals surface area (Å²) in [5, 5.41) is 0. The van der Waals surface area contributed by atoms with Crippen LogP contribution in [-0.4, -0.2) is 30.7 Å². The number of methoxy groups -OCH3 is 1. The second-order valence-electron chi connectivity index (χ2n) is 4.83. The van der Waals surface area contributed by atoms with Crippen LogP contribution < -0.4 is 0 Å². The van der Waals surface area contributed by atoms with Gasteiger partial charge in [-0.1, -0.05) is 36.4 Å². The van der Waals surface area contributed by atoms with Crippen LogP contribution in [0.1, 0.15) is 18.0 Å². The van der Waals surface area contributed by atoms with Crippen molar-refractivity contribution in [1.29, 1.82) is 0 Å². The Morgan fingerprint density at radius 3 is 2.91 bits per heavy atom. The van der Waals surface area contributed by atoms with Gasteiger partial charge in [-0.3, -0.25) is 0 Å².